The fourth-order valence-corrected chi connectivity index (χ4v) is 4.95. The number of methoxy groups -OCH3 is 2. The van der Waals surface area contributed by atoms with E-state index in [1.807, 2.05) is 30.3 Å². The molecule has 4 rings (SSSR count). The number of halogens is 1. The lowest BCUT2D eigenvalue weighted by molar-refractivity contribution is -0.141. The summed E-state index contributed by atoms with van der Waals surface area (Å²) in [6, 6.07) is 18.2. The van der Waals surface area contributed by atoms with Gasteiger partial charge in [0, 0.05) is 5.02 Å². The van der Waals surface area contributed by atoms with Crippen LogP contribution in [0.4, 0.5) is 0 Å². The number of benzene rings is 3. The predicted molar refractivity (Wildman–Crippen MR) is 131 cm³/mol. The number of carbonyl (C=O) groups is 2. The van der Waals surface area contributed by atoms with E-state index in [1.165, 1.54) is 19.1 Å². The number of ether oxygens (including phenoxy) is 2. The van der Waals surface area contributed by atoms with Crippen molar-refractivity contribution < 1.29 is 24.2 Å². The third kappa shape index (κ3) is 4.29. The lowest BCUT2D eigenvalue weighted by Crippen LogP contribution is -2.42. The number of rotatable bonds is 6. The van der Waals surface area contributed by atoms with Gasteiger partial charge in [0.05, 0.1) is 25.8 Å². The molecule has 0 radical (unpaired) electrons. The maximum atomic E-state index is 14.3. The van der Waals surface area contributed by atoms with Crippen molar-refractivity contribution in [3.05, 3.63) is 82.4 Å². The van der Waals surface area contributed by atoms with Gasteiger partial charge in [0.15, 0.2) is 11.5 Å². The fraction of sp³-hybridized carbons (Fsp3) is 0.222. The Bertz CT molecular complexity index is 1320. The van der Waals surface area contributed by atoms with Gasteiger partial charge in [-0.2, -0.15) is 5.26 Å². The molecule has 1 N–H and O–H groups in total. The molecular weight excluding hydrogens is 468 g/mol. The lowest BCUT2D eigenvalue weighted by atomic mass is 9.92. The molecule has 1 aliphatic rings. The third-order valence-electron chi connectivity index (χ3n) is 6.25. The maximum Gasteiger partial charge on any atom is 0.326 e. The number of aliphatic carboxylic acids is 1. The summed E-state index contributed by atoms with van der Waals surface area (Å²) in [5.41, 5.74) is 1.81. The van der Waals surface area contributed by atoms with Crippen molar-refractivity contribution in [2.45, 2.75) is 24.9 Å². The minimum absolute atomic E-state index is 0.0235. The third-order valence-corrected chi connectivity index (χ3v) is 6.59. The Morgan fingerprint density at radius 1 is 1.06 bits per heavy atom. The van der Waals surface area contributed by atoms with Crippen molar-refractivity contribution in [3.63, 3.8) is 0 Å². The Morgan fingerprint density at radius 3 is 2.34 bits per heavy atom. The van der Waals surface area contributed by atoms with E-state index in [1.54, 1.807) is 30.3 Å². The molecular formula is C27H23ClN2O5. The van der Waals surface area contributed by atoms with Crippen LogP contribution < -0.4 is 9.47 Å². The standard InChI is InChI=1S/C27H23ClN2O5/c1-34-23-14-18(16-8-4-3-5-9-16)24(19(15-29)25(23)35-2)26(31)30-21(12-13-22(30)27(32)33)17-10-6-7-11-20(17)28/h3-11,14,21-22H,12-13H2,1-2H3,(H,32,33). The van der Waals surface area contributed by atoms with E-state index in [2.05, 4.69) is 6.07 Å². The molecule has 35 heavy (non-hydrogen) atoms. The highest BCUT2D eigenvalue weighted by Crippen LogP contribution is 2.44. The van der Waals surface area contributed by atoms with Gasteiger partial charge in [0.2, 0.25) is 0 Å². The molecule has 1 amide bonds. The smallest absolute Gasteiger partial charge is 0.326 e. The average molecular weight is 491 g/mol. The highest BCUT2D eigenvalue weighted by Gasteiger charge is 2.44. The number of carboxylic acid groups (broad SMARTS) is 1. The van der Waals surface area contributed by atoms with Crippen LogP contribution >= 0.6 is 11.6 Å². The van der Waals surface area contributed by atoms with Crippen molar-refractivity contribution in [1.82, 2.24) is 4.90 Å². The summed E-state index contributed by atoms with van der Waals surface area (Å²) < 4.78 is 10.9. The van der Waals surface area contributed by atoms with E-state index >= 15 is 0 Å². The van der Waals surface area contributed by atoms with Gasteiger partial charge in [-0.15, -0.1) is 0 Å². The van der Waals surface area contributed by atoms with Crippen molar-refractivity contribution in [2.24, 2.45) is 0 Å². The Labute approximate surface area is 208 Å². The summed E-state index contributed by atoms with van der Waals surface area (Å²) >= 11 is 6.45. The first-order valence-electron chi connectivity index (χ1n) is 11.0. The number of carboxylic acids is 1. The van der Waals surface area contributed by atoms with Crippen LogP contribution in [-0.2, 0) is 4.79 Å². The van der Waals surface area contributed by atoms with E-state index in [4.69, 9.17) is 21.1 Å². The first kappa shape index (κ1) is 24.1. The van der Waals surface area contributed by atoms with Crippen molar-refractivity contribution in [3.8, 4) is 28.7 Å². The molecule has 3 aromatic rings. The Kier molecular flexibility index (Phi) is 6.94. The summed E-state index contributed by atoms with van der Waals surface area (Å²) in [5, 5.41) is 20.5. The summed E-state index contributed by atoms with van der Waals surface area (Å²) in [4.78, 5) is 27.8. The second kappa shape index (κ2) is 10.1. The summed E-state index contributed by atoms with van der Waals surface area (Å²) in [7, 11) is 2.83. The number of hydrogen-bond donors (Lipinski definition) is 1. The molecule has 178 valence electrons. The molecule has 0 aromatic heterocycles. The van der Waals surface area contributed by atoms with Gasteiger partial charge in [-0.05, 0) is 41.7 Å². The predicted octanol–water partition coefficient (Wildman–Crippen LogP) is 5.33. The van der Waals surface area contributed by atoms with Gasteiger partial charge in [0.25, 0.3) is 5.91 Å². The molecule has 0 spiro atoms. The Hall–Kier alpha value is -4.02. The van der Waals surface area contributed by atoms with Crippen molar-refractivity contribution in [2.75, 3.05) is 14.2 Å². The van der Waals surface area contributed by atoms with Crippen molar-refractivity contribution in [1.29, 1.82) is 5.26 Å². The maximum absolute atomic E-state index is 14.3. The van der Waals surface area contributed by atoms with Crippen LogP contribution in [0.3, 0.4) is 0 Å². The second-order valence-electron chi connectivity index (χ2n) is 8.07. The number of hydrogen-bond acceptors (Lipinski definition) is 5. The molecule has 7 nitrogen and oxygen atoms in total. The molecule has 2 atom stereocenters. The van der Waals surface area contributed by atoms with E-state index in [0.717, 1.165) is 0 Å². The SMILES string of the molecule is COc1cc(-c2ccccc2)c(C(=O)N2C(C(=O)O)CCC2c2ccccc2Cl)c(C#N)c1OC. The molecule has 1 heterocycles. The zero-order valence-electron chi connectivity index (χ0n) is 19.2. The molecule has 0 saturated carbocycles. The Balaban J connectivity index is 1.98. The molecule has 0 aliphatic carbocycles. The largest absolute Gasteiger partial charge is 0.493 e. The van der Waals surface area contributed by atoms with E-state index in [0.29, 0.717) is 33.9 Å². The van der Waals surface area contributed by atoms with E-state index in [9.17, 15) is 20.0 Å². The monoisotopic (exact) mass is 490 g/mol. The van der Waals surface area contributed by atoms with Gasteiger partial charge >= 0.3 is 5.97 Å². The first-order chi connectivity index (χ1) is 16.9. The van der Waals surface area contributed by atoms with Crippen LogP contribution in [-0.4, -0.2) is 42.1 Å². The number of likely N-dealkylation sites (tertiary alicyclic amines) is 1. The van der Waals surface area contributed by atoms with Gasteiger partial charge in [-0.25, -0.2) is 4.79 Å². The van der Waals surface area contributed by atoms with Crippen molar-refractivity contribution >= 4 is 23.5 Å². The number of carbonyl (C=O) groups excluding carboxylic acids is 1. The molecule has 0 bridgehead atoms. The van der Waals surface area contributed by atoms with Crippen LogP contribution in [0.1, 0.15) is 40.4 Å². The van der Waals surface area contributed by atoms with E-state index < -0.39 is 24.0 Å². The molecule has 2 unspecified atom stereocenters. The zero-order chi connectivity index (χ0) is 25.1. The van der Waals surface area contributed by atoms with Gasteiger partial charge in [-0.3, -0.25) is 4.79 Å². The van der Waals surface area contributed by atoms with Crippen LogP contribution in [0.25, 0.3) is 11.1 Å². The number of nitriles is 1. The van der Waals surface area contributed by atoms with Crippen LogP contribution in [0.2, 0.25) is 5.02 Å². The van der Waals surface area contributed by atoms with Crippen LogP contribution in [0, 0.1) is 11.3 Å². The summed E-state index contributed by atoms with van der Waals surface area (Å²) in [5.74, 6) is -1.30. The quantitative estimate of drug-likeness (QED) is 0.501. The number of amides is 1. The summed E-state index contributed by atoms with van der Waals surface area (Å²) in [6.45, 7) is 0. The molecule has 1 aliphatic heterocycles. The van der Waals surface area contributed by atoms with Crippen LogP contribution in [0.15, 0.2) is 60.7 Å². The second-order valence-corrected chi connectivity index (χ2v) is 8.48. The minimum Gasteiger partial charge on any atom is -0.493 e. The minimum atomic E-state index is -1.12. The topological polar surface area (TPSA) is 99.9 Å². The highest BCUT2D eigenvalue weighted by molar-refractivity contribution is 6.31. The van der Waals surface area contributed by atoms with Gasteiger partial charge in [0.1, 0.15) is 17.7 Å². The Morgan fingerprint density at radius 2 is 1.74 bits per heavy atom. The molecule has 1 saturated heterocycles. The summed E-state index contributed by atoms with van der Waals surface area (Å²) in [6.07, 6.45) is 0.676. The lowest BCUT2D eigenvalue weighted by Gasteiger charge is -2.30. The first-order valence-corrected chi connectivity index (χ1v) is 11.3. The van der Waals surface area contributed by atoms with E-state index in [-0.39, 0.29) is 23.3 Å². The highest BCUT2D eigenvalue weighted by atomic mass is 35.5. The fourth-order valence-electron chi connectivity index (χ4n) is 4.69. The molecule has 8 heteroatoms. The normalized spacial score (nSPS) is 17.0. The number of nitrogens with zero attached hydrogens (tertiary/aromatic N) is 2. The molecule has 3 aromatic carbocycles. The van der Waals surface area contributed by atoms with Gasteiger partial charge in [-0.1, -0.05) is 60.1 Å². The van der Waals surface area contributed by atoms with Gasteiger partial charge < -0.3 is 19.5 Å². The molecule has 1 fully saturated rings. The zero-order valence-corrected chi connectivity index (χ0v) is 20.0. The van der Waals surface area contributed by atoms with Crippen LogP contribution in [0.5, 0.6) is 11.5 Å². The average Bonchev–Trinajstić information content (AvgIpc) is 3.33.